The van der Waals surface area contributed by atoms with Crippen LogP contribution in [-0.4, -0.2) is 37.0 Å². The summed E-state index contributed by atoms with van der Waals surface area (Å²) < 4.78 is 11.4. The lowest BCUT2D eigenvalue weighted by molar-refractivity contribution is 0.0947. The zero-order valence-corrected chi connectivity index (χ0v) is 18.3. The van der Waals surface area contributed by atoms with E-state index in [2.05, 4.69) is 15.6 Å². The van der Waals surface area contributed by atoms with Crippen LogP contribution in [0.5, 0.6) is 17.4 Å². The monoisotopic (exact) mass is 441 g/mol. The number of pyridine rings is 1. The minimum absolute atomic E-state index is 0.0435. The normalized spacial score (nSPS) is 13.0. The van der Waals surface area contributed by atoms with Gasteiger partial charge in [0.25, 0.3) is 11.8 Å². The van der Waals surface area contributed by atoms with Gasteiger partial charge in [0.1, 0.15) is 11.5 Å². The van der Waals surface area contributed by atoms with Gasteiger partial charge >= 0.3 is 0 Å². The van der Waals surface area contributed by atoms with Crippen LogP contribution < -0.4 is 20.1 Å². The number of carbonyl (C=O) groups excluding carboxylic acids is 2. The number of amides is 2. The van der Waals surface area contributed by atoms with E-state index in [0.29, 0.717) is 40.1 Å². The Hall–Kier alpha value is -4.13. The van der Waals surface area contributed by atoms with Crippen LogP contribution in [-0.2, 0) is 0 Å². The Morgan fingerprint density at radius 2 is 1.79 bits per heavy atom. The first-order chi connectivity index (χ1) is 16.1. The lowest BCUT2D eigenvalue weighted by atomic mass is 10.0. The van der Waals surface area contributed by atoms with Crippen molar-refractivity contribution < 1.29 is 19.1 Å². The summed E-state index contributed by atoms with van der Waals surface area (Å²) in [6.07, 6.45) is 2.10. The van der Waals surface area contributed by atoms with Crippen LogP contribution in [0.25, 0.3) is 21.7 Å². The summed E-state index contributed by atoms with van der Waals surface area (Å²) in [5.41, 5.74) is 1.75. The van der Waals surface area contributed by atoms with Gasteiger partial charge in [0.15, 0.2) is 0 Å². The van der Waals surface area contributed by atoms with E-state index in [1.54, 1.807) is 25.2 Å². The molecule has 1 aliphatic carbocycles. The number of nitrogens with one attached hydrogen (secondary N) is 2. The van der Waals surface area contributed by atoms with Gasteiger partial charge in [0, 0.05) is 36.2 Å². The van der Waals surface area contributed by atoms with E-state index in [9.17, 15) is 9.59 Å². The van der Waals surface area contributed by atoms with Crippen LogP contribution in [0.1, 0.15) is 33.6 Å². The van der Waals surface area contributed by atoms with Crippen molar-refractivity contribution in [2.45, 2.75) is 18.9 Å². The van der Waals surface area contributed by atoms with Gasteiger partial charge < -0.3 is 20.1 Å². The smallest absolute Gasteiger partial charge is 0.254 e. The van der Waals surface area contributed by atoms with Gasteiger partial charge in [-0.2, -0.15) is 0 Å². The topological polar surface area (TPSA) is 89.5 Å². The zero-order valence-electron chi connectivity index (χ0n) is 18.3. The van der Waals surface area contributed by atoms with Crippen LogP contribution >= 0.6 is 0 Å². The standard InChI is InChI=1S/C26H23N3O4/c1-27-25(30)21-13-16-6-11-24(29-22(16)14-23(21)32-2)33-18-9-10-19-15(12-18)4-3-5-20(19)26(31)28-17-7-8-17/h3-6,9-14,17H,7-8H2,1-2H3,(H,27,30)(H,28,31). The molecule has 33 heavy (non-hydrogen) atoms. The SMILES string of the molecule is CNC(=O)c1cc2ccc(Oc3ccc4c(C(=O)NC5CC5)cccc4c3)nc2cc1OC. The molecule has 0 saturated heterocycles. The van der Waals surface area contributed by atoms with Gasteiger partial charge in [-0.25, -0.2) is 4.98 Å². The van der Waals surface area contributed by atoms with Crippen LogP contribution in [0, 0.1) is 0 Å². The molecule has 1 aromatic heterocycles. The molecule has 5 rings (SSSR count). The Morgan fingerprint density at radius 3 is 2.55 bits per heavy atom. The molecule has 7 heteroatoms. The van der Waals surface area contributed by atoms with E-state index >= 15 is 0 Å². The molecule has 1 aliphatic rings. The predicted octanol–water partition coefficient (Wildman–Crippen LogP) is 4.44. The fourth-order valence-electron chi connectivity index (χ4n) is 3.81. The molecule has 166 valence electrons. The third-order valence-electron chi connectivity index (χ3n) is 5.69. The fraction of sp³-hybridized carbons (Fsp3) is 0.192. The highest BCUT2D eigenvalue weighted by Gasteiger charge is 2.24. The molecule has 2 amide bonds. The van der Waals surface area contributed by atoms with E-state index in [0.717, 1.165) is 29.0 Å². The van der Waals surface area contributed by atoms with E-state index in [4.69, 9.17) is 9.47 Å². The molecule has 7 nitrogen and oxygen atoms in total. The molecule has 0 atom stereocenters. The van der Waals surface area contributed by atoms with Gasteiger partial charge in [-0.15, -0.1) is 0 Å². The summed E-state index contributed by atoms with van der Waals surface area (Å²) in [6.45, 7) is 0. The summed E-state index contributed by atoms with van der Waals surface area (Å²) in [7, 11) is 3.09. The van der Waals surface area contributed by atoms with Crippen molar-refractivity contribution in [3.63, 3.8) is 0 Å². The molecule has 0 aliphatic heterocycles. The van der Waals surface area contributed by atoms with Gasteiger partial charge in [0.2, 0.25) is 5.88 Å². The van der Waals surface area contributed by atoms with E-state index in [1.807, 2.05) is 42.5 Å². The van der Waals surface area contributed by atoms with Gasteiger partial charge in [-0.1, -0.05) is 12.1 Å². The second-order valence-corrected chi connectivity index (χ2v) is 8.01. The second-order valence-electron chi connectivity index (χ2n) is 8.01. The van der Waals surface area contributed by atoms with E-state index in [-0.39, 0.29) is 11.8 Å². The minimum atomic E-state index is -0.226. The molecule has 3 aromatic carbocycles. The summed E-state index contributed by atoms with van der Waals surface area (Å²) >= 11 is 0. The zero-order chi connectivity index (χ0) is 22.9. The number of fused-ring (bicyclic) bond motifs is 2. The van der Waals surface area contributed by atoms with Crippen LogP contribution in [0.3, 0.4) is 0 Å². The summed E-state index contributed by atoms with van der Waals surface area (Å²) in [5.74, 6) is 1.20. The van der Waals surface area contributed by atoms with Crippen molar-refractivity contribution in [1.29, 1.82) is 0 Å². The molecule has 1 heterocycles. The number of aromatic nitrogens is 1. The average Bonchev–Trinajstić information content (AvgIpc) is 3.66. The maximum atomic E-state index is 12.6. The van der Waals surface area contributed by atoms with Gasteiger partial charge in [-0.05, 0) is 60.0 Å². The van der Waals surface area contributed by atoms with Crippen molar-refractivity contribution in [2.75, 3.05) is 14.2 Å². The molecular weight excluding hydrogens is 418 g/mol. The molecule has 0 unspecified atom stereocenters. The van der Waals surface area contributed by atoms with Crippen molar-refractivity contribution in [3.05, 3.63) is 71.8 Å². The summed E-state index contributed by atoms with van der Waals surface area (Å²) in [5, 5.41) is 8.24. The first-order valence-corrected chi connectivity index (χ1v) is 10.8. The second kappa shape index (κ2) is 8.43. The fourth-order valence-corrected chi connectivity index (χ4v) is 3.81. The molecule has 0 bridgehead atoms. The number of hydrogen-bond acceptors (Lipinski definition) is 5. The lowest BCUT2D eigenvalue weighted by Gasteiger charge is -2.11. The minimum Gasteiger partial charge on any atom is -0.496 e. The molecule has 0 radical (unpaired) electrons. The number of carbonyl (C=O) groups is 2. The quantitative estimate of drug-likeness (QED) is 0.462. The first kappa shape index (κ1) is 20.8. The van der Waals surface area contributed by atoms with Crippen molar-refractivity contribution in [3.8, 4) is 17.4 Å². The average molecular weight is 441 g/mol. The Morgan fingerprint density at radius 1 is 0.939 bits per heavy atom. The van der Waals surface area contributed by atoms with Gasteiger partial charge in [0.05, 0.1) is 18.2 Å². The highest BCUT2D eigenvalue weighted by molar-refractivity contribution is 6.07. The predicted molar refractivity (Wildman–Crippen MR) is 126 cm³/mol. The Balaban J connectivity index is 1.44. The molecule has 4 aromatic rings. The summed E-state index contributed by atoms with van der Waals surface area (Å²) in [6, 6.07) is 18.7. The van der Waals surface area contributed by atoms with Crippen molar-refractivity contribution >= 4 is 33.5 Å². The maximum Gasteiger partial charge on any atom is 0.254 e. The molecule has 2 N–H and O–H groups in total. The molecular formula is C26H23N3O4. The summed E-state index contributed by atoms with van der Waals surface area (Å²) in [4.78, 5) is 29.2. The number of benzene rings is 3. The Kier molecular flexibility index (Phi) is 5.30. The van der Waals surface area contributed by atoms with Crippen LogP contribution in [0.15, 0.2) is 60.7 Å². The molecule has 0 spiro atoms. The maximum absolute atomic E-state index is 12.6. The lowest BCUT2D eigenvalue weighted by Crippen LogP contribution is -2.25. The van der Waals surface area contributed by atoms with Crippen LogP contribution in [0.2, 0.25) is 0 Å². The van der Waals surface area contributed by atoms with Crippen molar-refractivity contribution in [2.24, 2.45) is 0 Å². The number of ether oxygens (including phenoxy) is 2. The Labute approximate surface area is 190 Å². The largest absolute Gasteiger partial charge is 0.496 e. The molecule has 1 saturated carbocycles. The van der Waals surface area contributed by atoms with Crippen molar-refractivity contribution in [1.82, 2.24) is 15.6 Å². The number of nitrogens with zero attached hydrogens (tertiary/aromatic N) is 1. The molecule has 1 fully saturated rings. The Bertz CT molecular complexity index is 1400. The van der Waals surface area contributed by atoms with Gasteiger partial charge in [-0.3, -0.25) is 9.59 Å². The van der Waals surface area contributed by atoms with Crippen LogP contribution in [0.4, 0.5) is 0 Å². The first-order valence-electron chi connectivity index (χ1n) is 10.8. The number of hydrogen-bond donors (Lipinski definition) is 2. The highest BCUT2D eigenvalue weighted by Crippen LogP contribution is 2.30. The third-order valence-corrected chi connectivity index (χ3v) is 5.69. The third kappa shape index (κ3) is 4.17. The van der Waals surface area contributed by atoms with E-state index in [1.165, 1.54) is 7.11 Å². The van der Waals surface area contributed by atoms with E-state index < -0.39 is 0 Å². The number of rotatable bonds is 6. The highest BCUT2D eigenvalue weighted by atomic mass is 16.5. The number of methoxy groups -OCH3 is 1.